The molecule has 0 rings (SSSR count). The van der Waals surface area contributed by atoms with Crippen LogP contribution in [0.5, 0.6) is 0 Å². The lowest BCUT2D eigenvalue weighted by molar-refractivity contribution is 0.381. The molecule has 4 N–H and O–H groups in total. The molecule has 0 amide bonds. The first kappa shape index (κ1) is 15.6. The maximum Gasteiger partial charge on any atom is 0.394 e. The maximum absolute atomic E-state index is 8.74. The van der Waals surface area contributed by atoms with Gasteiger partial charge in [0.1, 0.15) is 0 Å². The molecule has 0 aromatic rings. The third-order valence-electron chi connectivity index (χ3n) is 1.32. The predicted molar refractivity (Wildman–Crippen MR) is 54.6 cm³/mol. The van der Waals surface area contributed by atoms with Gasteiger partial charge in [0.05, 0.1) is 0 Å². The first-order valence-corrected chi connectivity index (χ1v) is 5.33. The molecule has 0 aromatic carbocycles. The van der Waals surface area contributed by atoms with Crippen LogP contribution in [0, 0.1) is 0 Å². The Morgan fingerprint density at radius 1 is 1.36 bits per heavy atom. The van der Waals surface area contributed by atoms with Crippen LogP contribution in [0.15, 0.2) is 4.99 Å². The van der Waals surface area contributed by atoms with Crippen molar-refractivity contribution < 1.29 is 17.5 Å². The van der Waals surface area contributed by atoms with E-state index in [9.17, 15) is 0 Å². The van der Waals surface area contributed by atoms with Gasteiger partial charge in [0, 0.05) is 20.1 Å². The average molecular weight is 227 g/mol. The number of hydrogen-bond acceptors (Lipinski definition) is 3. The molecule has 0 aliphatic heterocycles. The summed E-state index contributed by atoms with van der Waals surface area (Å²) in [6, 6.07) is 0. The van der Waals surface area contributed by atoms with E-state index in [2.05, 4.69) is 18.8 Å². The Kier molecular flexibility index (Phi) is 8.40. The fourth-order valence-electron chi connectivity index (χ4n) is 0.689. The molecule has 7 nitrogen and oxygen atoms in total. The SMILES string of the molecule is CCN(CC)/C(N)=N/C.O=S(=O)(O)O. The Bertz CT molecular complexity index is 250. The van der Waals surface area contributed by atoms with Crippen molar-refractivity contribution in [3.05, 3.63) is 0 Å². The summed E-state index contributed by atoms with van der Waals surface area (Å²) in [7, 11) is -2.96. The summed E-state index contributed by atoms with van der Waals surface area (Å²) < 4.78 is 31.6. The fourth-order valence-corrected chi connectivity index (χ4v) is 0.689. The summed E-state index contributed by atoms with van der Waals surface area (Å²) in [4.78, 5) is 5.85. The molecule has 0 saturated heterocycles. The van der Waals surface area contributed by atoms with E-state index in [1.807, 2.05) is 4.90 Å². The van der Waals surface area contributed by atoms with Crippen LogP contribution in [0.2, 0.25) is 0 Å². The molecule has 0 spiro atoms. The van der Waals surface area contributed by atoms with Crippen molar-refractivity contribution in [1.82, 2.24) is 4.90 Å². The van der Waals surface area contributed by atoms with Gasteiger partial charge in [-0.15, -0.1) is 0 Å². The van der Waals surface area contributed by atoms with Gasteiger partial charge in [-0.2, -0.15) is 8.42 Å². The summed E-state index contributed by atoms with van der Waals surface area (Å²) in [6.07, 6.45) is 0. The minimum atomic E-state index is -4.67. The second-order valence-corrected chi connectivity index (χ2v) is 3.10. The highest BCUT2D eigenvalue weighted by molar-refractivity contribution is 7.79. The van der Waals surface area contributed by atoms with Gasteiger partial charge in [-0.25, -0.2) is 0 Å². The van der Waals surface area contributed by atoms with E-state index in [0.717, 1.165) is 13.1 Å². The van der Waals surface area contributed by atoms with Crippen LogP contribution in [0.3, 0.4) is 0 Å². The van der Waals surface area contributed by atoms with E-state index in [-0.39, 0.29) is 0 Å². The Morgan fingerprint density at radius 3 is 1.71 bits per heavy atom. The summed E-state index contributed by atoms with van der Waals surface area (Å²) >= 11 is 0. The first-order chi connectivity index (χ1) is 6.26. The van der Waals surface area contributed by atoms with Gasteiger partial charge >= 0.3 is 10.4 Å². The second-order valence-electron chi connectivity index (χ2n) is 2.20. The number of guanidine groups is 1. The molecular formula is C6H17N3O4S. The van der Waals surface area contributed by atoms with Gasteiger partial charge in [0.15, 0.2) is 5.96 Å². The molecule has 0 heterocycles. The molecule has 14 heavy (non-hydrogen) atoms. The summed E-state index contributed by atoms with van der Waals surface area (Å²) in [5.74, 6) is 0.625. The minimum absolute atomic E-state index is 0.625. The highest BCUT2D eigenvalue weighted by Gasteiger charge is 1.98. The molecule has 0 bridgehead atoms. The maximum atomic E-state index is 8.74. The lowest BCUT2D eigenvalue weighted by Crippen LogP contribution is -2.36. The monoisotopic (exact) mass is 227 g/mol. The summed E-state index contributed by atoms with van der Waals surface area (Å²) in [5.41, 5.74) is 5.51. The third-order valence-corrected chi connectivity index (χ3v) is 1.32. The molecule has 0 aromatic heterocycles. The van der Waals surface area contributed by atoms with Crippen molar-refractivity contribution in [2.45, 2.75) is 13.8 Å². The Labute approximate surface area is 84.2 Å². The topological polar surface area (TPSA) is 116 Å². The summed E-state index contributed by atoms with van der Waals surface area (Å²) in [6.45, 7) is 5.97. The molecule has 0 fully saturated rings. The normalized spacial score (nSPS) is 11.6. The third kappa shape index (κ3) is 13.7. The molecule has 86 valence electrons. The number of nitrogens with two attached hydrogens (primary N) is 1. The van der Waals surface area contributed by atoms with Crippen molar-refractivity contribution >= 4 is 16.4 Å². The summed E-state index contributed by atoms with van der Waals surface area (Å²) in [5, 5.41) is 0. The van der Waals surface area contributed by atoms with Crippen LogP contribution < -0.4 is 5.73 Å². The quantitative estimate of drug-likeness (QED) is 0.336. The Balaban J connectivity index is 0. The van der Waals surface area contributed by atoms with Crippen LogP contribution in [-0.2, 0) is 10.4 Å². The van der Waals surface area contributed by atoms with E-state index in [0.29, 0.717) is 5.96 Å². The van der Waals surface area contributed by atoms with Crippen LogP contribution in [0.4, 0.5) is 0 Å². The van der Waals surface area contributed by atoms with E-state index in [4.69, 9.17) is 23.3 Å². The van der Waals surface area contributed by atoms with Crippen molar-refractivity contribution in [1.29, 1.82) is 0 Å². The second kappa shape index (κ2) is 7.54. The van der Waals surface area contributed by atoms with Crippen LogP contribution in [0.25, 0.3) is 0 Å². The van der Waals surface area contributed by atoms with Crippen molar-refractivity contribution in [2.75, 3.05) is 20.1 Å². The largest absolute Gasteiger partial charge is 0.394 e. The van der Waals surface area contributed by atoms with E-state index in [1.54, 1.807) is 7.05 Å². The minimum Gasteiger partial charge on any atom is -0.370 e. The molecule has 0 saturated carbocycles. The van der Waals surface area contributed by atoms with Gasteiger partial charge in [-0.05, 0) is 13.8 Å². The Hall–Kier alpha value is -0.860. The van der Waals surface area contributed by atoms with Crippen molar-refractivity contribution in [3.63, 3.8) is 0 Å². The lowest BCUT2D eigenvalue weighted by Gasteiger charge is -2.18. The zero-order valence-electron chi connectivity index (χ0n) is 8.51. The highest BCUT2D eigenvalue weighted by Crippen LogP contribution is 1.83. The van der Waals surface area contributed by atoms with Gasteiger partial charge in [0.25, 0.3) is 0 Å². The molecular weight excluding hydrogens is 210 g/mol. The zero-order chi connectivity index (χ0) is 11.8. The highest BCUT2D eigenvalue weighted by atomic mass is 32.3. The smallest absolute Gasteiger partial charge is 0.370 e. The molecule has 8 heteroatoms. The van der Waals surface area contributed by atoms with Crippen LogP contribution in [-0.4, -0.2) is 48.5 Å². The van der Waals surface area contributed by atoms with Gasteiger partial charge in [-0.1, -0.05) is 0 Å². The van der Waals surface area contributed by atoms with Crippen LogP contribution in [0.1, 0.15) is 13.8 Å². The van der Waals surface area contributed by atoms with Gasteiger partial charge in [-0.3, -0.25) is 14.1 Å². The zero-order valence-corrected chi connectivity index (χ0v) is 9.32. The number of nitrogens with zero attached hydrogens (tertiary/aromatic N) is 2. The fraction of sp³-hybridized carbons (Fsp3) is 0.833. The van der Waals surface area contributed by atoms with Gasteiger partial charge in [0.2, 0.25) is 0 Å². The number of aliphatic imine (C=N–C) groups is 1. The molecule has 0 radical (unpaired) electrons. The van der Waals surface area contributed by atoms with Crippen molar-refractivity contribution in [2.24, 2.45) is 10.7 Å². The van der Waals surface area contributed by atoms with Crippen LogP contribution >= 0.6 is 0 Å². The average Bonchev–Trinajstić information content (AvgIpc) is 2.03. The van der Waals surface area contributed by atoms with E-state index >= 15 is 0 Å². The standard InChI is InChI=1S/C6H15N3.H2O4S/c1-4-9(5-2)6(7)8-3;1-5(2,3)4/h4-5H2,1-3H3,(H2,7,8);(H2,1,2,3,4). The van der Waals surface area contributed by atoms with E-state index < -0.39 is 10.4 Å². The predicted octanol–water partition coefficient (Wildman–Crippen LogP) is -0.380. The molecule has 0 aliphatic rings. The number of rotatable bonds is 2. The van der Waals surface area contributed by atoms with Crippen molar-refractivity contribution in [3.8, 4) is 0 Å². The molecule has 0 unspecified atom stereocenters. The Morgan fingerprint density at radius 2 is 1.64 bits per heavy atom. The number of hydrogen-bond donors (Lipinski definition) is 3. The molecule has 0 atom stereocenters. The van der Waals surface area contributed by atoms with E-state index in [1.165, 1.54) is 0 Å². The lowest BCUT2D eigenvalue weighted by atomic mass is 10.5. The first-order valence-electron chi connectivity index (χ1n) is 3.93. The molecule has 0 aliphatic carbocycles. The van der Waals surface area contributed by atoms with Gasteiger partial charge < -0.3 is 10.6 Å².